The van der Waals surface area contributed by atoms with Gasteiger partial charge in [0.1, 0.15) is 5.75 Å². The van der Waals surface area contributed by atoms with E-state index in [1.54, 1.807) is 23.9 Å². The predicted octanol–water partition coefficient (Wildman–Crippen LogP) is 3.62. The summed E-state index contributed by atoms with van der Waals surface area (Å²) in [5.41, 5.74) is 0.902. The van der Waals surface area contributed by atoms with Crippen LogP contribution < -0.4 is 4.74 Å². The molecule has 0 amide bonds. The molecule has 94 valence electrons. The zero-order valence-electron chi connectivity index (χ0n) is 9.52. The van der Waals surface area contributed by atoms with E-state index in [0.29, 0.717) is 17.7 Å². The number of nitrogens with zero attached hydrogens (tertiary/aromatic N) is 1. The van der Waals surface area contributed by atoms with Crippen molar-refractivity contribution in [2.75, 3.05) is 18.6 Å². The molecular formula is C11H14BrNO3S. The molecule has 0 N–H and O–H groups in total. The van der Waals surface area contributed by atoms with Crippen molar-refractivity contribution < 1.29 is 9.66 Å². The van der Waals surface area contributed by atoms with Crippen molar-refractivity contribution in [1.82, 2.24) is 0 Å². The van der Waals surface area contributed by atoms with Crippen LogP contribution in [0.1, 0.15) is 12.0 Å². The Labute approximate surface area is 113 Å². The van der Waals surface area contributed by atoms with Crippen molar-refractivity contribution in [2.24, 2.45) is 0 Å². The highest BCUT2D eigenvalue weighted by molar-refractivity contribution is 9.08. The van der Waals surface area contributed by atoms with E-state index >= 15 is 0 Å². The van der Waals surface area contributed by atoms with E-state index in [0.717, 1.165) is 17.7 Å². The molecule has 0 atom stereocenters. The van der Waals surface area contributed by atoms with Gasteiger partial charge in [-0.25, -0.2) is 0 Å². The summed E-state index contributed by atoms with van der Waals surface area (Å²) in [6.45, 7) is 0.638. The lowest BCUT2D eigenvalue weighted by Crippen LogP contribution is -2.01. The van der Waals surface area contributed by atoms with Gasteiger partial charge in [0.05, 0.1) is 11.5 Å². The van der Waals surface area contributed by atoms with Crippen LogP contribution in [0.2, 0.25) is 0 Å². The zero-order chi connectivity index (χ0) is 12.7. The van der Waals surface area contributed by atoms with E-state index in [1.165, 1.54) is 6.07 Å². The molecule has 1 rings (SSSR count). The molecule has 0 spiro atoms. The van der Waals surface area contributed by atoms with E-state index in [-0.39, 0.29) is 5.69 Å². The predicted molar refractivity (Wildman–Crippen MR) is 74.2 cm³/mol. The first-order valence-corrected chi connectivity index (χ1v) is 7.65. The lowest BCUT2D eigenvalue weighted by atomic mass is 10.2. The minimum absolute atomic E-state index is 0.0934. The van der Waals surface area contributed by atoms with E-state index in [9.17, 15) is 10.1 Å². The number of nitro benzene ring substituents is 1. The molecule has 0 unspecified atom stereocenters. The molecule has 4 nitrogen and oxygen atoms in total. The second-order valence-corrected chi connectivity index (χ2v) is 4.92. The molecule has 0 fully saturated rings. The number of benzene rings is 1. The van der Waals surface area contributed by atoms with Gasteiger partial charge in [0.25, 0.3) is 5.69 Å². The van der Waals surface area contributed by atoms with E-state index in [1.807, 2.05) is 0 Å². The van der Waals surface area contributed by atoms with Gasteiger partial charge >= 0.3 is 0 Å². The number of hydrogen-bond acceptors (Lipinski definition) is 4. The highest BCUT2D eigenvalue weighted by atomic mass is 79.9. The van der Waals surface area contributed by atoms with Gasteiger partial charge < -0.3 is 4.74 Å². The highest BCUT2D eigenvalue weighted by Gasteiger charge is 2.10. The van der Waals surface area contributed by atoms with Crippen molar-refractivity contribution in [2.45, 2.75) is 11.8 Å². The molecule has 0 radical (unpaired) electrons. The number of thioether (sulfide) groups is 1. The first kappa shape index (κ1) is 14.3. The van der Waals surface area contributed by atoms with E-state index < -0.39 is 4.92 Å². The topological polar surface area (TPSA) is 52.4 Å². The fourth-order valence-electron chi connectivity index (χ4n) is 1.31. The summed E-state index contributed by atoms with van der Waals surface area (Å²) < 4.78 is 5.60. The molecule has 0 aliphatic rings. The fraction of sp³-hybridized carbons (Fsp3) is 0.455. The minimum atomic E-state index is -0.399. The second kappa shape index (κ2) is 7.55. The van der Waals surface area contributed by atoms with E-state index in [2.05, 4.69) is 22.2 Å². The molecule has 0 bridgehead atoms. The summed E-state index contributed by atoms with van der Waals surface area (Å²) in [4.78, 5) is 10.2. The lowest BCUT2D eigenvalue weighted by molar-refractivity contribution is -0.384. The Morgan fingerprint density at radius 3 is 2.88 bits per heavy atom. The van der Waals surface area contributed by atoms with Crippen LogP contribution in [0.25, 0.3) is 0 Å². The highest BCUT2D eigenvalue weighted by Crippen LogP contribution is 2.26. The molecule has 17 heavy (non-hydrogen) atoms. The number of rotatable bonds is 7. The average Bonchev–Trinajstić information content (AvgIpc) is 2.34. The van der Waals surface area contributed by atoms with Crippen LogP contribution in [0.3, 0.4) is 0 Å². The Morgan fingerprint density at radius 2 is 2.29 bits per heavy atom. The third-order valence-electron chi connectivity index (χ3n) is 2.15. The van der Waals surface area contributed by atoms with Crippen LogP contribution in [0.5, 0.6) is 5.75 Å². The van der Waals surface area contributed by atoms with Crippen LogP contribution >= 0.6 is 27.7 Å². The van der Waals surface area contributed by atoms with Crippen molar-refractivity contribution in [3.8, 4) is 5.75 Å². The van der Waals surface area contributed by atoms with Gasteiger partial charge in [0.15, 0.2) is 0 Å². The van der Waals surface area contributed by atoms with Gasteiger partial charge in [-0.3, -0.25) is 10.1 Å². The molecule has 1 aromatic carbocycles. The standard InChI is InChI=1S/C11H14BrNO3S/c1-17-6-2-5-16-11-4-3-10(13(14)15)7-9(11)8-12/h3-4,7H,2,5-6,8H2,1H3. The number of nitro groups is 1. The maximum absolute atomic E-state index is 10.6. The number of hydrogen-bond donors (Lipinski definition) is 0. The average molecular weight is 320 g/mol. The summed E-state index contributed by atoms with van der Waals surface area (Å²) in [6, 6.07) is 4.67. The number of non-ortho nitro benzene ring substituents is 1. The van der Waals surface area contributed by atoms with Crippen LogP contribution in [0.15, 0.2) is 18.2 Å². The molecular weight excluding hydrogens is 306 g/mol. The molecule has 0 aliphatic heterocycles. The number of halogens is 1. The molecule has 0 saturated carbocycles. The third kappa shape index (κ3) is 4.55. The Kier molecular flexibility index (Phi) is 6.36. The first-order chi connectivity index (χ1) is 8.19. The Hall–Kier alpha value is -0.750. The van der Waals surface area contributed by atoms with Crippen molar-refractivity contribution in [1.29, 1.82) is 0 Å². The molecule has 1 aromatic rings. The summed E-state index contributed by atoms with van der Waals surface area (Å²) in [5.74, 6) is 1.77. The van der Waals surface area contributed by atoms with Gasteiger partial charge in [0.2, 0.25) is 0 Å². The van der Waals surface area contributed by atoms with Gasteiger partial charge in [0, 0.05) is 23.0 Å². The van der Waals surface area contributed by atoms with Crippen molar-refractivity contribution in [3.63, 3.8) is 0 Å². The molecule has 6 heteroatoms. The Balaban J connectivity index is 2.68. The summed E-state index contributed by atoms with van der Waals surface area (Å²) in [6.07, 6.45) is 3.02. The fourth-order valence-corrected chi connectivity index (χ4v) is 2.15. The van der Waals surface area contributed by atoms with Gasteiger partial charge in [-0.1, -0.05) is 15.9 Å². The van der Waals surface area contributed by atoms with Crippen molar-refractivity contribution >= 4 is 33.4 Å². The lowest BCUT2D eigenvalue weighted by Gasteiger charge is -2.09. The normalized spacial score (nSPS) is 10.2. The van der Waals surface area contributed by atoms with Gasteiger partial charge in [-0.15, -0.1) is 0 Å². The minimum Gasteiger partial charge on any atom is -0.493 e. The van der Waals surface area contributed by atoms with Crippen LogP contribution in [-0.4, -0.2) is 23.5 Å². The van der Waals surface area contributed by atoms with Crippen LogP contribution in [0.4, 0.5) is 5.69 Å². The van der Waals surface area contributed by atoms with Crippen molar-refractivity contribution in [3.05, 3.63) is 33.9 Å². The second-order valence-electron chi connectivity index (χ2n) is 3.38. The monoisotopic (exact) mass is 319 g/mol. The summed E-state index contributed by atoms with van der Waals surface area (Å²) in [7, 11) is 0. The molecule has 0 saturated heterocycles. The Morgan fingerprint density at radius 1 is 1.53 bits per heavy atom. The maximum atomic E-state index is 10.6. The van der Waals surface area contributed by atoms with Crippen LogP contribution in [-0.2, 0) is 5.33 Å². The van der Waals surface area contributed by atoms with Gasteiger partial charge in [-0.2, -0.15) is 11.8 Å². The van der Waals surface area contributed by atoms with Crippen LogP contribution in [0, 0.1) is 10.1 Å². The molecule has 0 aromatic heterocycles. The summed E-state index contributed by atoms with van der Waals surface area (Å²) >= 11 is 5.08. The smallest absolute Gasteiger partial charge is 0.270 e. The largest absolute Gasteiger partial charge is 0.493 e. The van der Waals surface area contributed by atoms with E-state index in [4.69, 9.17) is 4.74 Å². The maximum Gasteiger partial charge on any atom is 0.270 e. The zero-order valence-corrected chi connectivity index (χ0v) is 11.9. The SMILES string of the molecule is CSCCCOc1ccc([N+](=O)[O-])cc1CBr. The number of alkyl halides is 1. The molecule has 0 heterocycles. The Bertz CT molecular complexity index is 387. The summed E-state index contributed by atoms with van der Waals surface area (Å²) in [5, 5.41) is 11.2. The first-order valence-electron chi connectivity index (χ1n) is 5.14. The quantitative estimate of drug-likeness (QED) is 0.333. The van der Waals surface area contributed by atoms with Gasteiger partial charge in [-0.05, 0) is 24.5 Å². The number of ether oxygens (including phenoxy) is 1. The third-order valence-corrected chi connectivity index (χ3v) is 3.45. The molecule has 0 aliphatic carbocycles.